The average molecular weight is 472 g/mol. The van der Waals surface area contributed by atoms with Gasteiger partial charge in [-0.1, -0.05) is 19.7 Å². The number of hydrogen-bond acceptors (Lipinski definition) is 11. The van der Waals surface area contributed by atoms with Crippen LogP contribution < -0.4 is 0 Å². The Morgan fingerprint density at radius 1 is 0.667 bits per heavy atom. The monoisotopic (exact) mass is 472 g/mol. The molecule has 0 saturated heterocycles. The zero-order valence-electron chi connectivity index (χ0n) is 19.0. The number of carbonyl (C=O) groups is 4. The molecule has 186 valence electrons. The molecule has 0 amide bonds. The van der Waals surface area contributed by atoms with E-state index in [9.17, 15) is 19.2 Å². The van der Waals surface area contributed by atoms with Gasteiger partial charge in [-0.05, 0) is 6.92 Å². The summed E-state index contributed by atoms with van der Waals surface area (Å²) in [6.45, 7) is 12.8. The predicted molar refractivity (Wildman–Crippen MR) is 115 cm³/mol. The number of ether oxygens (including phenoxy) is 7. The van der Waals surface area contributed by atoms with Gasteiger partial charge in [0.1, 0.15) is 19.3 Å². The van der Waals surface area contributed by atoms with Crippen LogP contribution in [0, 0.1) is 0 Å². The third kappa shape index (κ3) is 16.3. The van der Waals surface area contributed by atoms with Crippen molar-refractivity contribution in [1.82, 2.24) is 0 Å². The first-order chi connectivity index (χ1) is 15.7. The van der Waals surface area contributed by atoms with Crippen LogP contribution in [0.2, 0.25) is 0 Å². The van der Waals surface area contributed by atoms with Gasteiger partial charge in [-0.25, -0.2) is 14.4 Å². The zero-order chi connectivity index (χ0) is 25.1. The van der Waals surface area contributed by atoms with Crippen LogP contribution in [0.3, 0.4) is 0 Å². The smallest absolute Gasteiger partial charge is 0.330 e. The summed E-state index contributed by atoms with van der Waals surface area (Å²) >= 11 is 0. The minimum Gasteiger partial charge on any atom is -0.458 e. The summed E-state index contributed by atoms with van der Waals surface area (Å²) in [6.07, 6.45) is 0.593. The van der Waals surface area contributed by atoms with Gasteiger partial charge in [0.15, 0.2) is 12.2 Å². The highest BCUT2D eigenvalue weighted by Crippen LogP contribution is 2.05. The molecule has 0 fully saturated rings. The topological polar surface area (TPSA) is 133 Å². The van der Waals surface area contributed by atoms with E-state index in [1.54, 1.807) is 6.92 Å². The molecule has 0 saturated carbocycles. The second-order valence-corrected chi connectivity index (χ2v) is 6.32. The normalized spacial score (nSPS) is 13.0. The van der Waals surface area contributed by atoms with E-state index in [0.29, 0.717) is 6.61 Å². The molecule has 3 atom stereocenters. The molecule has 0 aromatic rings. The number of carbonyl (C=O) groups excluding carboxylic acids is 4. The van der Waals surface area contributed by atoms with Gasteiger partial charge in [-0.3, -0.25) is 4.79 Å². The van der Waals surface area contributed by atoms with E-state index in [4.69, 9.17) is 33.2 Å². The molecule has 0 rings (SSSR count). The summed E-state index contributed by atoms with van der Waals surface area (Å²) in [5.41, 5.74) is 0. The number of esters is 4. The van der Waals surface area contributed by atoms with Crippen molar-refractivity contribution in [3.8, 4) is 0 Å². The van der Waals surface area contributed by atoms with Crippen molar-refractivity contribution < 1.29 is 52.3 Å². The average Bonchev–Trinajstić information content (AvgIpc) is 2.80. The van der Waals surface area contributed by atoms with Crippen LogP contribution in [0.25, 0.3) is 0 Å². The quantitative estimate of drug-likeness (QED) is 0.151. The molecule has 11 nitrogen and oxygen atoms in total. The van der Waals surface area contributed by atoms with Crippen LogP contribution >= 0.6 is 0 Å². The van der Waals surface area contributed by atoms with Crippen LogP contribution in [0.5, 0.6) is 0 Å². The van der Waals surface area contributed by atoms with Gasteiger partial charge in [0.05, 0.1) is 26.4 Å². The summed E-state index contributed by atoms with van der Waals surface area (Å²) in [6, 6.07) is 0. The maximum Gasteiger partial charge on any atom is 0.330 e. The fourth-order valence-corrected chi connectivity index (χ4v) is 2.12. The third-order valence-corrected chi connectivity index (χ3v) is 3.57. The Labute approximate surface area is 193 Å². The molecule has 0 radical (unpaired) electrons. The summed E-state index contributed by atoms with van der Waals surface area (Å²) < 4.78 is 36.6. The van der Waals surface area contributed by atoms with Crippen LogP contribution in [0.15, 0.2) is 38.0 Å². The van der Waals surface area contributed by atoms with Crippen LogP contribution in [0.1, 0.15) is 13.8 Å². The molecule has 0 N–H and O–H groups in total. The summed E-state index contributed by atoms with van der Waals surface area (Å²) in [7, 11) is 0. The first-order valence-corrected chi connectivity index (χ1v) is 10.1. The summed E-state index contributed by atoms with van der Waals surface area (Å²) in [5.74, 6) is -2.63. The Kier molecular flexibility index (Phi) is 16.8. The van der Waals surface area contributed by atoms with E-state index in [-0.39, 0.29) is 39.6 Å². The van der Waals surface area contributed by atoms with Crippen molar-refractivity contribution in [2.24, 2.45) is 0 Å². The van der Waals surface area contributed by atoms with E-state index in [0.717, 1.165) is 18.2 Å². The van der Waals surface area contributed by atoms with Crippen molar-refractivity contribution in [1.29, 1.82) is 0 Å². The summed E-state index contributed by atoms with van der Waals surface area (Å²) in [4.78, 5) is 45.3. The van der Waals surface area contributed by atoms with E-state index in [1.807, 2.05) is 0 Å². The molecule has 0 aliphatic heterocycles. The van der Waals surface area contributed by atoms with E-state index in [1.165, 1.54) is 6.92 Å². The lowest BCUT2D eigenvalue weighted by Crippen LogP contribution is -2.35. The van der Waals surface area contributed by atoms with Crippen LogP contribution in [0.4, 0.5) is 0 Å². The first-order valence-electron chi connectivity index (χ1n) is 10.1. The lowest BCUT2D eigenvalue weighted by atomic mass is 10.3. The number of hydrogen-bond donors (Lipinski definition) is 0. The Bertz CT molecular complexity index is 659. The van der Waals surface area contributed by atoms with Crippen molar-refractivity contribution in [3.63, 3.8) is 0 Å². The molecular weight excluding hydrogens is 440 g/mol. The summed E-state index contributed by atoms with van der Waals surface area (Å²) in [5, 5.41) is 0. The maximum atomic E-state index is 11.5. The minimum atomic E-state index is -0.907. The maximum absolute atomic E-state index is 11.5. The molecule has 0 bridgehead atoms. The van der Waals surface area contributed by atoms with E-state index in [2.05, 4.69) is 19.7 Å². The van der Waals surface area contributed by atoms with Gasteiger partial charge in [-0.2, -0.15) is 0 Å². The fraction of sp³-hybridized carbons (Fsp3) is 0.545. The largest absolute Gasteiger partial charge is 0.458 e. The molecule has 0 aromatic carbocycles. The van der Waals surface area contributed by atoms with Gasteiger partial charge in [-0.15, -0.1) is 0 Å². The SMILES string of the molecule is C=CC(=O)OCC(COCC(COCC)OCC(COC(=O)C=C)OC(=O)C=C)OC(C)=O. The van der Waals surface area contributed by atoms with Gasteiger partial charge < -0.3 is 33.2 Å². The van der Waals surface area contributed by atoms with Crippen molar-refractivity contribution in [2.45, 2.75) is 32.2 Å². The van der Waals surface area contributed by atoms with Gasteiger partial charge in [0.25, 0.3) is 0 Å². The Morgan fingerprint density at radius 3 is 1.64 bits per heavy atom. The minimum absolute atomic E-state index is 0.0156. The molecule has 3 unspecified atom stereocenters. The molecule has 0 aliphatic carbocycles. The Hall–Kier alpha value is -3.02. The second kappa shape index (κ2) is 18.5. The van der Waals surface area contributed by atoms with Crippen LogP contribution in [-0.2, 0) is 52.3 Å². The van der Waals surface area contributed by atoms with Crippen molar-refractivity contribution in [2.75, 3.05) is 46.2 Å². The Balaban J connectivity index is 4.86. The van der Waals surface area contributed by atoms with Gasteiger partial charge in [0, 0.05) is 31.8 Å². The van der Waals surface area contributed by atoms with Gasteiger partial charge in [0.2, 0.25) is 0 Å². The molecule has 0 aliphatic rings. The first kappa shape index (κ1) is 30.0. The highest BCUT2D eigenvalue weighted by Gasteiger charge is 2.21. The Morgan fingerprint density at radius 2 is 1.15 bits per heavy atom. The highest BCUT2D eigenvalue weighted by atomic mass is 16.6. The van der Waals surface area contributed by atoms with Crippen molar-refractivity contribution >= 4 is 23.9 Å². The standard InChI is InChI=1S/C22H32O11/c1-6-20(24)30-14-18(32-16(5)23)12-28-11-17(10-27-9-4)29-13-19(33-22(26)8-3)15-31-21(25)7-2/h6-8,17-19H,1-3,9-15H2,4-5H3. The molecular formula is C22H32O11. The number of rotatable bonds is 19. The predicted octanol–water partition coefficient (Wildman–Crippen LogP) is 0.913. The molecule has 0 spiro atoms. The van der Waals surface area contributed by atoms with Crippen molar-refractivity contribution in [3.05, 3.63) is 38.0 Å². The molecule has 11 heteroatoms. The molecule has 0 aromatic heterocycles. The molecule has 0 heterocycles. The fourth-order valence-electron chi connectivity index (χ4n) is 2.12. The second-order valence-electron chi connectivity index (χ2n) is 6.32. The zero-order valence-corrected chi connectivity index (χ0v) is 19.0. The molecule has 33 heavy (non-hydrogen) atoms. The highest BCUT2D eigenvalue weighted by molar-refractivity contribution is 5.82. The third-order valence-electron chi connectivity index (χ3n) is 3.57. The van der Waals surface area contributed by atoms with Crippen LogP contribution in [-0.4, -0.2) is 88.4 Å². The van der Waals surface area contributed by atoms with Gasteiger partial charge >= 0.3 is 23.9 Å². The lowest BCUT2D eigenvalue weighted by molar-refractivity contribution is -0.164. The lowest BCUT2D eigenvalue weighted by Gasteiger charge is -2.23. The van der Waals surface area contributed by atoms with E-state index < -0.39 is 42.2 Å². The van der Waals surface area contributed by atoms with E-state index >= 15 is 0 Å².